The molecule has 2 aliphatic rings. The number of nitrogens with one attached hydrogen (secondary N) is 1. The molecule has 0 saturated carbocycles. The summed E-state index contributed by atoms with van der Waals surface area (Å²) >= 11 is 8.92. The SMILES string of the molecule is CCN(CC)CCc1csc(N)n1.CCN(CC)CCc1csc(Nc2cc(-c3cnc(N)cc3C(F)(F)F)nc(N3CCOCC3)n2)n1.Nc1cc(C(F)(F)F)c(-c2cc(Cl)nc(N3CCOCC3)n2)cn1. The fraction of sp³-hybridized carbons (Fsp3) is 0.478. The van der Waals surface area contributed by atoms with Crippen molar-refractivity contribution in [3.05, 3.63) is 75.1 Å². The number of hydrogen-bond acceptors (Lipinski definition) is 20. The zero-order valence-electron chi connectivity index (χ0n) is 40.8. The monoisotopic (exact) mass is 1080 g/mol. The van der Waals surface area contributed by atoms with Crippen molar-refractivity contribution in [1.82, 2.24) is 49.7 Å². The second kappa shape index (κ2) is 26.4. The van der Waals surface area contributed by atoms with Gasteiger partial charge in [-0.3, -0.25) is 0 Å². The Labute approximate surface area is 432 Å². The van der Waals surface area contributed by atoms with E-state index in [1.54, 1.807) is 4.90 Å². The summed E-state index contributed by atoms with van der Waals surface area (Å²) in [5, 5.41) is 8.50. The quantitative estimate of drug-likeness (QED) is 0.0528. The predicted molar refractivity (Wildman–Crippen MR) is 275 cm³/mol. The average molecular weight is 1080 g/mol. The maximum Gasteiger partial charge on any atom is 0.417 e. The lowest BCUT2D eigenvalue weighted by Crippen LogP contribution is -2.37. The standard InChI is InChI=1S/C23H29F3N8OS.C14H13ClF3N5O.C9H17N3S/c1-3-33(4-2)6-5-15-14-36-22(29-15)32-20-12-18(30-21(31-20)34-7-9-35-10-8-34)16-13-28-19(27)11-17(16)23(24,25)26;15-11-6-10(21-13(22-11)23-1-3-24-4-2-23)8-7-20-12(19)5-9(8)14(16,17)18;1-3-12(4-2)6-5-8-7-13-9(10)11-8/h11-14H,3-10H2,1-2H3,(H2,27,28)(H,29,30,31,32);5-7H,1-4H2,(H2,19,20);7H,3-6H2,1-2H3,(H2,10,11). The number of aromatic nitrogens is 8. The number of nitrogens with zero attached hydrogens (tertiary/aromatic N) is 12. The first kappa shape index (κ1) is 56.5. The first-order valence-electron chi connectivity index (χ1n) is 23.5. The Balaban J connectivity index is 0.000000201. The number of morpholine rings is 2. The molecule has 27 heteroatoms. The summed E-state index contributed by atoms with van der Waals surface area (Å²) in [6, 6.07) is 4.35. The highest BCUT2D eigenvalue weighted by atomic mass is 35.5. The van der Waals surface area contributed by atoms with Gasteiger partial charge < -0.3 is 51.6 Å². The van der Waals surface area contributed by atoms with Crippen LogP contribution in [0.15, 0.2) is 47.4 Å². The molecule has 6 aromatic rings. The van der Waals surface area contributed by atoms with Crippen LogP contribution >= 0.6 is 34.3 Å². The molecule has 0 amide bonds. The van der Waals surface area contributed by atoms with Crippen LogP contribution in [0, 0.1) is 0 Å². The lowest BCUT2D eigenvalue weighted by atomic mass is 10.1. The Morgan fingerprint density at radius 1 is 0.616 bits per heavy atom. The fourth-order valence-electron chi connectivity index (χ4n) is 7.46. The topological polar surface area (TPSA) is 225 Å². The number of pyridine rings is 2. The van der Waals surface area contributed by atoms with Crippen LogP contribution in [0.2, 0.25) is 5.15 Å². The molecule has 0 radical (unpaired) electrons. The van der Waals surface area contributed by atoms with Gasteiger partial charge in [-0.25, -0.2) is 34.9 Å². The zero-order valence-corrected chi connectivity index (χ0v) is 43.2. The fourth-order valence-corrected chi connectivity index (χ4v) is 8.99. The number of nitrogen functional groups attached to an aromatic ring is 3. The first-order valence-corrected chi connectivity index (χ1v) is 25.6. The largest absolute Gasteiger partial charge is 0.417 e. The molecule has 6 aromatic heterocycles. The molecule has 0 aromatic carbocycles. The number of anilines is 7. The van der Waals surface area contributed by atoms with E-state index in [1.165, 1.54) is 34.8 Å². The van der Waals surface area contributed by atoms with E-state index in [0.717, 1.165) is 88.0 Å². The Kier molecular flexibility index (Phi) is 20.5. The van der Waals surface area contributed by atoms with Crippen LogP contribution in [0.4, 0.5) is 66.0 Å². The zero-order chi connectivity index (χ0) is 52.7. The normalized spacial score (nSPS) is 14.2. The summed E-state index contributed by atoms with van der Waals surface area (Å²) in [4.78, 5) is 42.2. The highest BCUT2D eigenvalue weighted by Crippen LogP contribution is 2.39. The minimum Gasteiger partial charge on any atom is -0.384 e. The Morgan fingerprint density at radius 2 is 1.07 bits per heavy atom. The van der Waals surface area contributed by atoms with Gasteiger partial charge in [0.2, 0.25) is 11.9 Å². The smallest absolute Gasteiger partial charge is 0.384 e. The second-order valence-corrected chi connectivity index (χ2v) is 18.5. The molecule has 2 saturated heterocycles. The van der Waals surface area contributed by atoms with Gasteiger partial charge in [-0.2, -0.15) is 31.3 Å². The van der Waals surface area contributed by atoms with Gasteiger partial charge in [-0.15, -0.1) is 22.7 Å². The summed E-state index contributed by atoms with van der Waals surface area (Å²) < 4.78 is 91.9. The van der Waals surface area contributed by atoms with Crippen LogP contribution in [-0.4, -0.2) is 142 Å². The first-order chi connectivity index (χ1) is 34.9. The number of halogens is 7. The van der Waals surface area contributed by atoms with E-state index in [-0.39, 0.29) is 45.3 Å². The average Bonchev–Trinajstić information content (AvgIpc) is 4.02. The third-order valence-electron chi connectivity index (χ3n) is 11.5. The van der Waals surface area contributed by atoms with E-state index in [4.69, 9.17) is 38.3 Å². The van der Waals surface area contributed by atoms with Crippen LogP contribution < -0.4 is 32.3 Å². The van der Waals surface area contributed by atoms with E-state index in [1.807, 2.05) is 15.7 Å². The third-order valence-corrected chi connectivity index (χ3v) is 13.2. The van der Waals surface area contributed by atoms with Gasteiger partial charge in [-0.05, 0) is 38.3 Å². The van der Waals surface area contributed by atoms with Crippen molar-refractivity contribution in [2.45, 2.75) is 52.9 Å². The molecule has 2 fully saturated rings. The molecule has 8 rings (SSSR count). The predicted octanol–water partition coefficient (Wildman–Crippen LogP) is 8.30. The highest BCUT2D eigenvalue weighted by molar-refractivity contribution is 7.14. The van der Waals surface area contributed by atoms with Crippen molar-refractivity contribution in [2.24, 2.45) is 0 Å². The second-order valence-electron chi connectivity index (χ2n) is 16.3. The minimum atomic E-state index is -4.63. The molecule has 2 aliphatic heterocycles. The van der Waals surface area contributed by atoms with Crippen LogP contribution in [0.1, 0.15) is 50.2 Å². The van der Waals surface area contributed by atoms with Crippen molar-refractivity contribution >= 4 is 73.9 Å². The van der Waals surface area contributed by atoms with Gasteiger partial charge in [0.1, 0.15) is 22.6 Å². The molecule has 396 valence electrons. The van der Waals surface area contributed by atoms with Crippen LogP contribution in [-0.2, 0) is 34.7 Å². The van der Waals surface area contributed by atoms with Crippen molar-refractivity contribution in [3.63, 3.8) is 0 Å². The molecule has 7 N–H and O–H groups in total. The van der Waals surface area contributed by atoms with Crippen molar-refractivity contribution < 1.29 is 35.8 Å². The summed E-state index contributed by atoms with van der Waals surface area (Å²) in [5.41, 5.74) is 16.5. The number of ether oxygens (including phenoxy) is 2. The summed E-state index contributed by atoms with van der Waals surface area (Å²) in [5.74, 6) is 0.468. The molecule has 0 atom stereocenters. The molecular weight excluding hydrogens is 1020 g/mol. The van der Waals surface area contributed by atoms with Gasteiger partial charge in [0.15, 0.2) is 10.3 Å². The van der Waals surface area contributed by atoms with E-state index < -0.39 is 23.5 Å². The Morgan fingerprint density at radius 3 is 1.52 bits per heavy atom. The van der Waals surface area contributed by atoms with Gasteiger partial charge in [0.25, 0.3) is 0 Å². The Hall–Kier alpha value is -5.77. The van der Waals surface area contributed by atoms with E-state index in [2.05, 4.69) is 82.7 Å². The lowest BCUT2D eigenvalue weighted by Gasteiger charge is -2.27. The van der Waals surface area contributed by atoms with E-state index >= 15 is 0 Å². The molecule has 8 heterocycles. The van der Waals surface area contributed by atoms with Gasteiger partial charge in [0.05, 0.1) is 60.3 Å². The van der Waals surface area contributed by atoms with Gasteiger partial charge >= 0.3 is 12.4 Å². The minimum absolute atomic E-state index is 0.0383. The highest BCUT2D eigenvalue weighted by Gasteiger charge is 2.36. The number of alkyl halides is 6. The van der Waals surface area contributed by atoms with Crippen LogP contribution in [0.5, 0.6) is 0 Å². The molecule has 0 bridgehead atoms. The van der Waals surface area contributed by atoms with Crippen LogP contribution in [0.3, 0.4) is 0 Å². The summed E-state index contributed by atoms with van der Waals surface area (Å²) in [6.45, 7) is 18.8. The number of hydrogen-bond donors (Lipinski definition) is 4. The molecule has 0 unspecified atom stereocenters. The van der Waals surface area contributed by atoms with Crippen molar-refractivity contribution in [1.29, 1.82) is 0 Å². The van der Waals surface area contributed by atoms with Gasteiger partial charge in [0, 0.05) is 98.5 Å². The third kappa shape index (κ3) is 16.6. The Bertz CT molecular complexity index is 2680. The van der Waals surface area contributed by atoms with E-state index in [9.17, 15) is 26.3 Å². The lowest BCUT2D eigenvalue weighted by molar-refractivity contribution is -0.137. The number of nitrogens with two attached hydrogens (primary N) is 3. The number of rotatable bonds is 16. The van der Waals surface area contributed by atoms with Crippen LogP contribution in [0.25, 0.3) is 22.5 Å². The number of thiazole rings is 2. The maximum atomic E-state index is 13.8. The van der Waals surface area contributed by atoms with Gasteiger partial charge in [-0.1, -0.05) is 39.3 Å². The molecular formula is C46H59ClF6N16O2S2. The molecule has 18 nitrogen and oxygen atoms in total. The molecule has 0 aliphatic carbocycles. The maximum absolute atomic E-state index is 13.8. The number of likely N-dealkylation sites (N-methyl/N-ethyl adjacent to an activating group) is 2. The van der Waals surface area contributed by atoms with E-state index in [0.29, 0.717) is 74.6 Å². The van der Waals surface area contributed by atoms with Crippen molar-refractivity contribution in [2.75, 3.05) is 124 Å². The summed E-state index contributed by atoms with van der Waals surface area (Å²) in [6.07, 6.45) is -5.26. The van der Waals surface area contributed by atoms with Crippen molar-refractivity contribution in [3.8, 4) is 22.5 Å². The molecule has 0 spiro atoms. The molecule has 73 heavy (non-hydrogen) atoms. The summed E-state index contributed by atoms with van der Waals surface area (Å²) in [7, 11) is 0.